The van der Waals surface area contributed by atoms with E-state index in [0.29, 0.717) is 6.54 Å². The number of nitriles is 1. The monoisotopic (exact) mass is 254 g/mol. The molecule has 1 unspecified atom stereocenters. The average molecular weight is 255 g/mol. The third-order valence-corrected chi connectivity index (χ3v) is 3.24. The molecule has 1 heterocycles. The van der Waals surface area contributed by atoms with Gasteiger partial charge in [0.2, 0.25) is 0 Å². The second-order valence-corrected chi connectivity index (χ2v) is 3.92. The maximum absolute atomic E-state index is 8.85. The van der Waals surface area contributed by atoms with E-state index in [1.54, 1.807) is 11.3 Å². The largest absolute Gasteiger partial charge is 0.287 e. The molecule has 1 aromatic rings. The first kappa shape index (κ1) is 10.3. The smallest absolute Gasteiger partial charge is 0.124 e. The quantitative estimate of drug-likeness (QED) is 0.841. The van der Waals surface area contributed by atoms with Crippen LogP contribution in [0.5, 0.6) is 0 Å². The van der Waals surface area contributed by atoms with Crippen molar-refractivity contribution in [3.05, 3.63) is 20.8 Å². The molecule has 0 fully saturated rings. The molecule has 0 aromatic carbocycles. The molecule has 13 heavy (non-hydrogen) atoms. The second-order valence-electron chi connectivity index (χ2n) is 2.32. The van der Waals surface area contributed by atoms with Crippen LogP contribution < -0.4 is 5.32 Å². The highest BCUT2D eigenvalue weighted by molar-refractivity contribution is 9.10. The lowest BCUT2D eigenvalue weighted by Gasteiger charge is -2.07. The summed E-state index contributed by atoms with van der Waals surface area (Å²) in [6.07, 6.45) is 5.09. The van der Waals surface area contributed by atoms with Gasteiger partial charge in [0.05, 0.1) is 12.6 Å². The maximum atomic E-state index is 8.85. The summed E-state index contributed by atoms with van der Waals surface area (Å²) in [5, 5.41) is 15.7. The normalized spacial score (nSPS) is 11.6. The molecular weight excluding hydrogens is 248 g/mol. The Labute approximate surface area is 89.7 Å². The molecule has 0 bridgehead atoms. The van der Waals surface area contributed by atoms with Crippen LogP contribution in [0, 0.1) is 23.7 Å². The molecule has 1 aromatic heterocycles. The summed E-state index contributed by atoms with van der Waals surface area (Å²) in [6, 6.07) is 1.83. The van der Waals surface area contributed by atoms with Gasteiger partial charge in [-0.15, -0.1) is 6.42 Å². The summed E-state index contributed by atoms with van der Waals surface area (Å²) in [5.41, 5.74) is 0.947. The number of nitrogens with zero attached hydrogens (tertiary/aromatic N) is 1. The Bertz CT molecular complexity index is 358. The van der Waals surface area contributed by atoms with Crippen LogP contribution in [0.1, 0.15) is 11.6 Å². The lowest BCUT2D eigenvalue weighted by molar-refractivity contribution is 0.690. The van der Waals surface area contributed by atoms with E-state index in [0.717, 1.165) is 10.0 Å². The Morgan fingerprint density at radius 1 is 1.69 bits per heavy atom. The van der Waals surface area contributed by atoms with E-state index in [1.807, 2.05) is 10.8 Å². The predicted octanol–water partition coefficient (Wildman–Crippen LogP) is 2.30. The number of hydrogen-bond donors (Lipinski definition) is 1. The Morgan fingerprint density at radius 3 is 2.92 bits per heavy atom. The van der Waals surface area contributed by atoms with E-state index in [-0.39, 0.29) is 6.04 Å². The molecule has 0 amide bonds. The zero-order valence-corrected chi connectivity index (χ0v) is 9.15. The first-order valence-corrected chi connectivity index (χ1v) is 5.31. The first-order chi connectivity index (χ1) is 6.29. The predicted molar refractivity (Wildman–Crippen MR) is 57.2 cm³/mol. The highest BCUT2D eigenvalue weighted by Gasteiger charge is 2.12. The van der Waals surface area contributed by atoms with Crippen molar-refractivity contribution < 1.29 is 0 Å². The summed E-state index contributed by atoms with van der Waals surface area (Å²) in [6.45, 7) is 0.403. The topological polar surface area (TPSA) is 35.8 Å². The van der Waals surface area contributed by atoms with Crippen molar-refractivity contribution in [3.63, 3.8) is 0 Å². The minimum absolute atomic E-state index is 0.323. The van der Waals surface area contributed by atoms with Gasteiger partial charge in [-0.1, -0.05) is 5.92 Å². The van der Waals surface area contributed by atoms with Crippen LogP contribution in [0.25, 0.3) is 0 Å². The molecule has 1 N–H and O–H groups in total. The SMILES string of the molecule is C#CCNC(C#N)c1cscc1Br. The molecule has 0 aliphatic rings. The first-order valence-electron chi connectivity index (χ1n) is 3.57. The molecule has 0 aliphatic heterocycles. The van der Waals surface area contributed by atoms with Crippen LogP contribution in [-0.4, -0.2) is 6.54 Å². The van der Waals surface area contributed by atoms with Gasteiger partial charge in [-0.05, 0) is 21.3 Å². The van der Waals surface area contributed by atoms with Gasteiger partial charge >= 0.3 is 0 Å². The highest BCUT2D eigenvalue weighted by atomic mass is 79.9. The van der Waals surface area contributed by atoms with E-state index in [9.17, 15) is 0 Å². The Balaban J connectivity index is 2.75. The van der Waals surface area contributed by atoms with Crippen LogP contribution in [-0.2, 0) is 0 Å². The summed E-state index contributed by atoms with van der Waals surface area (Å²) in [4.78, 5) is 0. The lowest BCUT2D eigenvalue weighted by atomic mass is 10.2. The summed E-state index contributed by atoms with van der Waals surface area (Å²) < 4.78 is 0.952. The Morgan fingerprint density at radius 2 is 2.46 bits per heavy atom. The number of terminal acetylenes is 1. The van der Waals surface area contributed by atoms with Gasteiger partial charge in [-0.3, -0.25) is 5.32 Å². The van der Waals surface area contributed by atoms with E-state index in [2.05, 4.69) is 33.2 Å². The van der Waals surface area contributed by atoms with Crippen molar-refractivity contribution in [1.29, 1.82) is 5.26 Å². The summed E-state index contributed by atoms with van der Waals surface area (Å²) >= 11 is 4.92. The number of hydrogen-bond acceptors (Lipinski definition) is 3. The van der Waals surface area contributed by atoms with Crippen molar-refractivity contribution in [2.75, 3.05) is 6.54 Å². The zero-order chi connectivity index (χ0) is 9.68. The van der Waals surface area contributed by atoms with Crippen LogP contribution in [0.15, 0.2) is 15.2 Å². The van der Waals surface area contributed by atoms with E-state index in [1.165, 1.54) is 0 Å². The van der Waals surface area contributed by atoms with Gasteiger partial charge in [0, 0.05) is 15.4 Å². The van der Waals surface area contributed by atoms with Crippen LogP contribution in [0.4, 0.5) is 0 Å². The molecule has 4 heteroatoms. The molecule has 0 spiro atoms. The Kier molecular flexibility index (Phi) is 3.98. The molecule has 66 valence electrons. The molecule has 2 nitrogen and oxygen atoms in total. The van der Waals surface area contributed by atoms with Crippen molar-refractivity contribution in [1.82, 2.24) is 5.32 Å². The molecule has 0 aliphatic carbocycles. The minimum atomic E-state index is -0.323. The fourth-order valence-corrected chi connectivity index (χ4v) is 2.44. The molecule has 0 radical (unpaired) electrons. The number of thiophene rings is 1. The lowest BCUT2D eigenvalue weighted by Crippen LogP contribution is -2.19. The van der Waals surface area contributed by atoms with E-state index in [4.69, 9.17) is 11.7 Å². The van der Waals surface area contributed by atoms with Gasteiger partial charge in [0.15, 0.2) is 0 Å². The Hall–Kier alpha value is -0.810. The van der Waals surface area contributed by atoms with Crippen LogP contribution in [0.3, 0.4) is 0 Å². The molecule has 0 saturated carbocycles. The molecular formula is C9H7BrN2S. The van der Waals surface area contributed by atoms with Crippen molar-refractivity contribution in [3.8, 4) is 18.4 Å². The number of halogens is 1. The van der Waals surface area contributed by atoms with Gasteiger partial charge in [0.25, 0.3) is 0 Å². The van der Waals surface area contributed by atoms with Gasteiger partial charge in [0.1, 0.15) is 6.04 Å². The summed E-state index contributed by atoms with van der Waals surface area (Å²) in [5.74, 6) is 2.44. The standard InChI is InChI=1S/C9H7BrN2S/c1-2-3-12-9(4-11)7-5-13-6-8(7)10/h1,5-6,9,12H,3H2. The van der Waals surface area contributed by atoms with Gasteiger partial charge in [-0.2, -0.15) is 16.6 Å². The van der Waals surface area contributed by atoms with Crippen molar-refractivity contribution in [2.45, 2.75) is 6.04 Å². The third kappa shape index (κ3) is 2.57. The minimum Gasteiger partial charge on any atom is -0.287 e. The van der Waals surface area contributed by atoms with Crippen LogP contribution in [0.2, 0.25) is 0 Å². The summed E-state index contributed by atoms with van der Waals surface area (Å²) in [7, 11) is 0. The average Bonchev–Trinajstić information content (AvgIpc) is 2.54. The van der Waals surface area contributed by atoms with E-state index < -0.39 is 0 Å². The number of rotatable bonds is 3. The highest BCUT2D eigenvalue weighted by Crippen LogP contribution is 2.26. The van der Waals surface area contributed by atoms with Gasteiger partial charge < -0.3 is 0 Å². The van der Waals surface area contributed by atoms with Crippen molar-refractivity contribution >= 4 is 27.3 Å². The fourth-order valence-electron chi connectivity index (χ4n) is 0.883. The number of nitrogens with one attached hydrogen (secondary N) is 1. The van der Waals surface area contributed by atoms with Gasteiger partial charge in [-0.25, -0.2) is 0 Å². The third-order valence-electron chi connectivity index (χ3n) is 1.49. The zero-order valence-electron chi connectivity index (χ0n) is 6.75. The maximum Gasteiger partial charge on any atom is 0.124 e. The second kappa shape index (κ2) is 5.04. The van der Waals surface area contributed by atoms with Crippen LogP contribution >= 0.6 is 27.3 Å². The fraction of sp³-hybridized carbons (Fsp3) is 0.222. The van der Waals surface area contributed by atoms with Crippen molar-refractivity contribution in [2.24, 2.45) is 0 Å². The molecule has 1 rings (SSSR count). The molecule has 1 atom stereocenters. The van der Waals surface area contributed by atoms with E-state index >= 15 is 0 Å². The molecule has 0 saturated heterocycles.